The number of amides is 1. The third-order valence-corrected chi connectivity index (χ3v) is 6.59. The highest BCUT2D eigenvalue weighted by Gasteiger charge is 2.28. The Morgan fingerprint density at radius 1 is 1.11 bits per heavy atom. The van der Waals surface area contributed by atoms with E-state index in [1.165, 1.54) is 4.88 Å². The van der Waals surface area contributed by atoms with Crippen LogP contribution in [0.3, 0.4) is 0 Å². The van der Waals surface area contributed by atoms with Gasteiger partial charge in [0.15, 0.2) is 0 Å². The molecule has 0 radical (unpaired) electrons. The van der Waals surface area contributed by atoms with Crippen LogP contribution >= 0.6 is 11.3 Å². The maximum Gasteiger partial charge on any atom is 0.237 e. The number of fused-ring (bicyclic) bond motifs is 1. The number of carbonyl (C=O) groups excluding carboxylic acids is 1. The van der Waals surface area contributed by atoms with Crippen LogP contribution < -0.4 is 5.32 Å². The van der Waals surface area contributed by atoms with Crippen LogP contribution in [0.2, 0.25) is 0 Å². The zero-order valence-electron chi connectivity index (χ0n) is 15.8. The molecule has 0 aliphatic heterocycles. The smallest absolute Gasteiger partial charge is 0.237 e. The molecule has 2 aromatic carbocycles. The van der Waals surface area contributed by atoms with E-state index in [1.54, 1.807) is 11.3 Å². The second-order valence-corrected chi connectivity index (χ2v) is 8.52. The number of nitriles is 1. The molecule has 1 N–H and O–H groups in total. The topological polar surface area (TPSA) is 52.9 Å². The van der Waals surface area contributed by atoms with Crippen molar-refractivity contribution >= 4 is 22.2 Å². The van der Waals surface area contributed by atoms with Gasteiger partial charge in [-0.15, -0.1) is 11.3 Å². The van der Waals surface area contributed by atoms with Crippen molar-refractivity contribution in [3.63, 3.8) is 0 Å². The van der Waals surface area contributed by atoms with Gasteiger partial charge in [-0.05, 0) is 41.9 Å². The van der Waals surface area contributed by atoms with Crippen molar-refractivity contribution < 1.29 is 4.79 Å². The van der Waals surface area contributed by atoms with E-state index in [1.807, 2.05) is 60.7 Å². The quantitative estimate of drug-likeness (QED) is 0.642. The van der Waals surface area contributed by atoms with Gasteiger partial charge in [-0.3, -0.25) is 4.79 Å². The number of rotatable bonds is 4. The molecule has 0 bridgehead atoms. The Kier molecular flexibility index (Phi) is 5.27. The number of hydrogen-bond donors (Lipinski definition) is 1. The number of anilines is 1. The lowest BCUT2D eigenvalue weighted by Gasteiger charge is -2.18. The minimum atomic E-state index is -0.410. The van der Waals surface area contributed by atoms with E-state index in [4.69, 9.17) is 0 Å². The summed E-state index contributed by atoms with van der Waals surface area (Å²) in [5.41, 5.74) is 3.68. The van der Waals surface area contributed by atoms with Crippen LogP contribution in [-0.2, 0) is 17.6 Å². The Bertz CT molecular complexity index is 979. The molecular weight excluding hydrogens is 364 g/mol. The molecule has 4 rings (SSSR count). The van der Waals surface area contributed by atoms with E-state index in [9.17, 15) is 10.1 Å². The molecule has 1 aromatic heterocycles. The van der Waals surface area contributed by atoms with Crippen LogP contribution in [0.15, 0.2) is 60.7 Å². The van der Waals surface area contributed by atoms with Crippen molar-refractivity contribution in [2.45, 2.75) is 32.1 Å². The van der Waals surface area contributed by atoms with Gasteiger partial charge in [0.2, 0.25) is 5.91 Å². The summed E-state index contributed by atoms with van der Waals surface area (Å²) in [5.74, 6) is 0.0756. The fraction of sp³-hybridized carbons (Fsp3) is 0.250. The SMILES string of the molecule is CC1CCc2sc(NC(=O)C(c3ccccc3)c3ccccc3)c(C#N)c2C1. The van der Waals surface area contributed by atoms with Crippen molar-refractivity contribution in [1.82, 2.24) is 0 Å². The number of carbonyl (C=O) groups is 1. The van der Waals surface area contributed by atoms with Crippen molar-refractivity contribution in [2.75, 3.05) is 5.32 Å². The van der Waals surface area contributed by atoms with Gasteiger partial charge in [-0.1, -0.05) is 67.6 Å². The molecule has 28 heavy (non-hydrogen) atoms. The van der Waals surface area contributed by atoms with E-state index in [2.05, 4.69) is 18.3 Å². The summed E-state index contributed by atoms with van der Waals surface area (Å²) in [7, 11) is 0. The molecule has 1 heterocycles. The van der Waals surface area contributed by atoms with Gasteiger partial charge in [-0.2, -0.15) is 5.26 Å². The summed E-state index contributed by atoms with van der Waals surface area (Å²) in [6.07, 6.45) is 3.06. The Morgan fingerprint density at radius 2 is 1.71 bits per heavy atom. The second-order valence-electron chi connectivity index (χ2n) is 7.41. The van der Waals surface area contributed by atoms with E-state index >= 15 is 0 Å². The van der Waals surface area contributed by atoms with Crippen LogP contribution in [0, 0.1) is 17.2 Å². The maximum absolute atomic E-state index is 13.3. The number of nitrogens with one attached hydrogen (secondary N) is 1. The summed E-state index contributed by atoms with van der Waals surface area (Å²) >= 11 is 1.57. The average molecular weight is 387 g/mol. The van der Waals surface area contributed by atoms with E-state index < -0.39 is 5.92 Å². The Morgan fingerprint density at radius 3 is 2.29 bits per heavy atom. The second kappa shape index (κ2) is 8.00. The predicted octanol–water partition coefficient (Wildman–Crippen LogP) is 5.52. The fourth-order valence-electron chi connectivity index (χ4n) is 3.93. The lowest BCUT2D eigenvalue weighted by molar-refractivity contribution is -0.116. The fourth-order valence-corrected chi connectivity index (χ4v) is 5.13. The zero-order valence-corrected chi connectivity index (χ0v) is 16.6. The molecule has 1 aliphatic carbocycles. The first kappa shape index (κ1) is 18.5. The Balaban J connectivity index is 1.69. The minimum absolute atomic E-state index is 0.0967. The zero-order chi connectivity index (χ0) is 19.5. The minimum Gasteiger partial charge on any atom is -0.316 e. The van der Waals surface area contributed by atoms with Gasteiger partial charge < -0.3 is 5.32 Å². The van der Waals surface area contributed by atoms with Crippen LogP contribution in [0.25, 0.3) is 0 Å². The summed E-state index contributed by atoms with van der Waals surface area (Å²) in [6, 6.07) is 21.9. The van der Waals surface area contributed by atoms with Crippen LogP contribution in [0.4, 0.5) is 5.00 Å². The first-order valence-electron chi connectivity index (χ1n) is 9.62. The normalized spacial score (nSPS) is 15.7. The highest BCUT2D eigenvalue weighted by Crippen LogP contribution is 2.40. The molecule has 1 atom stereocenters. The highest BCUT2D eigenvalue weighted by molar-refractivity contribution is 7.16. The summed E-state index contributed by atoms with van der Waals surface area (Å²) < 4.78 is 0. The van der Waals surface area contributed by atoms with Crippen LogP contribution in [0.5, 0.6) is 0 Å². The van der Waals surface area contributed by atoms with Gasteiger partial charge in [0.05, 0.1) is 11.5 Å². The molecule has 1 amide bonds. The third-order valence-electron chi connectivity index (χ3n) is 5.38. The molecule has 3 nitrogen and oxygen atoms in total. The van der Waals surface area contributed by atoms with Gasteiger partial charge >= 0.3 is 0 Å². The molecule has 0 spiro atoms. The summed E-state index contributed by atoms with van der Waals surface area (Å²) in [6.45, 7) is 2.22. The molecular formula is C24H22N2OS. The van der Waals surface area contributed by atoms with E-state index in [0.717, 1.165) is 36.0 Å². The lowest BCUT2D eigenvalue weighted by Crippen LogP contribution is -2.22. The van der Waals surface area contributed by atoms with E-state index in [-0.39, 0.29) is 5.91 Å². The van der Waals surface area contributed by atoms with Crippen LogP contribution in [0.1, 0.15) is 46.4 Å². The van der Waals surface area contributed by atoms with Crippen LogP contribution in [-0.4, -0.2) is 5.91 Å². The molecule has 0 fully saturated rings. The molecule has 1 aliphatic rings. The Hall–Kier alpha value is -2.90. The van der Waals surface area contributed by atoms with Crippen molar-refractivity contribution in [3.8, 4) is 6.07 Å². The average Bonchev–Trinajstić information content (AvgIpc) is 3.05. The van der Waals surface area contributed by atoms with E-state index in [0.29, 0.717) is 16.5 Å². The van der Waals surface area contributed by atoms with Crippen molar-refractivity contribution in [1.29, 1.82) is 5.26 Å². The summed E-state index contributed by atoms with van der Waals surface area (Å²) in [5, 5.41) is 13.5. The number of hydrogen-bond acceptors (Lipinski definition) is 3. The largest absolute Gasteiger partial charge is 0.316 e. The highest BCUT2D eigenvalue weighted by atomic mass is 32.1. The number of aryl methyl sites for hydroxylation is 1. The molecule has 4 heteroatoms. The first-order valence-corrected chi connectivity index (χ1v) is 10.4. The first-order chi connectivity index (χ1) is 13.7. The molecule has 3 aromatic rings. The number of benzene rings is 2. The maximum atomic E-state index is 13.3. The number of nitrogens with zero attached hydrogens (tertiary/aromatic N) is 1. The van der Waals surface area contributed by atoms with Gasteiger partial charge in [0.1, 0.15) is 11.1 Å². The molecule has 140 valence electrons. The van der Waals surface area contributed by atoms with Gasteiger partial charge in [-0.25, -0.2) is 0 Å². The van der Waals surface area contributed by atoms with Crippen molar-refractivity contribution in [2.24, 2.45) is 5.92 Å². The van der Waals surface area contributed by atoms with Crippen molar-refractivity contribution in [3.05, 3.63) is 87.8 Å². The Labute approximate surface area is 169 Å². The lowest BCUT2D eigenvalue weighted by atomic mass is 9.88. The standard InChI is InChI=1S/C24H22N2OS/c1-16-12-13-21-19(14-16)20(15-25)24(28-21)26-23(27)22(17-8-4-2-5-9-17)18-10-6-3-7-11-18/h2-11,16,22H,12-14H2,1H3,(H,26,27). The molecule has 1 unspecified atom stereocenters. The van der Waals surface area contributed by atoms with Gasteiger partial charge in [0.25, 0.3) is 0 Å². The predicted molar refractivity (Wildman–Crippen MR) is 114 cm³/mol. The monoisotopic (exact) mass is 386 g/mol. The van der Waals surface area contributed by atoms with Gasteiger partial charge in [0, 0.05) is 4.88 Å². The summed E-state index contributed by atoms with van der Waals surface area (Å²) in [4.78, 5) is 14.6. The number of thiophene rings is 1. The molecule has 0 saturated heterocycles. The third kappa shape index (κ3) is 3.58. The molecule has 0 saturated carbocycles.